The lowest BCUT2D eigenvalue weighted by molar-refractivity contribution is 0.0944. The fourth-order valence-corrected chi connectivity index (χ4v) is 3.01. The minimum absolute atomic E-state index is 0.105. The largest absolute Gasteiger partial charge is 0.351 e. The number of nitrogens with one attached hydrogen (secondary N) is 1. The zero-order chi connectivity index (χ0) is 16.4. The normalized spacial score (nSPS) is 11.1. The molecule has 1 aromatic carbocycles. The quantitative estimate of drug-likeness (QED) is 0.731. The first-order chi connectivity index (χ1) is 11.1. The molecule has 23 heavy (non-hydrogen) atoms. The van der Waals surface area contributed by atoms with Crippen LogP contribution in [0.25, 0.3) is 11.0 Å². The number of imidazole rings is 1. The van der Waals surface area contributed by atoms with Crippen molar-refractivity contribution in [1.29, 1.82) is 0 Å². The molecule has 0 aliphatic heterocycles. The Hall–Kier alpha value is -2.27. The van der Waals surface area contributed by atoms with E-state index in [1.54, 1.807) is 16.8 Å². The Morgan fingerprint density at radius 3 is 2.87 bits per heavy atom. The van der Waals surface area contributed by atoms with Gasteiger partial charge in [-0.2, -0.15) is 0 Å². The Kier molecular flexibility index (Phi) is 4.39. The number of carbonyl (C=O) groups excluding carboxylic acids is 1. The molecule has 120 valence electrons. The highest BCUT2D eigenvalue weighted by atomic mass is 35.5. The van der Waals surface area contributed by atoms with Gasteiger partial charge in [0, 0.05) is 26.3 Å². The van der Waals surface area contributed by atoms with Gasteiger partial charge in [-0.05, 0) is 31.5 Å². The van der Waals surface area contributed by atoms with E-state index in [0.29, 0.717) is 17.3 Å². The van der Waals surface area contributed by atoms with E-state index < -0.39 is 0 Å². The predicted octanol–water partition coefficient (Wildman–Crippen LogP) is 3.16. The first kappa shape index (κ1) is 15.6. The van der Waals surface area contributed by atoms with Crippen LogP contribution in [0.2, 0.25) is 5.02 Å². The van der Waals surface area contributed by atoms with Gasteiger partial charge in [-0.3, -0.25) is 4.79 Å². The van der Waals surface area contributed by atoms with E-state index in [1.165, 1.54) is 0 Å². The van der Waals surface area contributed by atoms with Gasteiger partial charge >= 0.3 is 0 Å². The molecule has 3 rings (SSSR count). The van der Waals surface area contributed by atoms with Crippen molar-refractivity contribution in [3.05, 3.63) is 53.1 Å². The van der Waals surface area contributed by atoms with Crippen molar-refractivity contribution in [2.45, 2.75) is 19.9 Å². The number of amides is 1. The number of aromatic nitrogens is 3. The third-order valence-electron chi connectivity index (χ3n) is 3.89. The van der Waals surface area contributed by atoms with Gasteiger partial charge in [-0.1, -0.05) is 23.7 Å². The summed E-state index contributed by atoms with van der Waals surface area (Å²) in [5.74, 6) is 0.887. The van der Waals surface area contributed by atoms with E-state index in [2.05, 4.69) is 20.9 Å². The Bertz CT molecular complexity index is 850. The van der Waals surface area contributed by atoms with Gasteiger partial charge < -0.3 is 14.5 Å². The number of nitrogens with zero attached hydrogens (tertiary/aromatic N) is 3. The number of carbonyl (C=O) groups is 1. The summed E-state index contributed by atoms with van der Waals surface area (Å²) < 4.78 is 3.91. The number of aryl methyl sites for hydroxylation is 3. The Morgan fingerprint density at radius 2 is 2.13 bits per heavy atom. The molecule has 0 saturated heterocycles. The molecule has 0 aliphatic rings. The minimum atomic E-state index is -0.105. The summed E-state index contributed by atoms with van der Waals surface area (Å²) in [6.07, 6.45) is 2.56. The van der Waals surface area contributed by atoms with Crippen molar-refractivity contribution in [1.82, 2.24) is 19.4 Å². The maximum Gasteiger partial charge on any atom is 0.267 e. The summed E-state index contributed by atoms with van der Waals surface area (Å²) in [4.78, 5) is 16.7. The minimum Gasteiger partial charge on any atom is -0.351 e. The lowest BCUT2D eigenvalue weighted by Crippen LogP contribution is -2.27. The van der Waals surface area contributed by atoms with Gasteiger partial charge in [0.25, 0.3) is 5.91 Å². The number of halogens is 1. The summed E-state index contributed by atoms with van der Waals surface area (Å²) in [5.41, 5.74) is 2.71. The van der Waals surface area contributed by atoms with Crippen molar-refractivity contribution in [2.75, 3.05) is 6.54 Å². The first-order valence-corrected chi connectivity index (χ1v) is 7.96. The zero-order valence-electron chi connectivity index (χ0n) is 13.2. The summed E-state index contributed by atoms with van der Waals surface area (Å²) in [7, 11) is 1.81. The highest BCUT2D eigenvalue weighted by Gasteiger charge is 2.11. The molecule has 6 heteroatoms. The fourth-order valence-electron chi connectivity index (χ4n) is 2.76. The van der Waals surface area contributed by atoms with Crippen molar-refractivity contribution in [3.8, 4) is 0 Å². The maximum absolute atomic E-state index is 12.1. The predicted molar refractivity (Wildman–Crippen MR) is 91.8 cm³/mol. The Labute approximate surface area is 139 Å². The second-order valence-electron chi connectivity index (χ2n) is 5.56. The van der Waals surface area contributed by atoms with Crippen LogP contribution in [0.15, 0.2) is 36.5 Å². The summed E-state index contributed by atoms with van der Waals surface area (Å²) in [6, 6.07) is 9.76. The van der Waals surface area contributed by atoms with Crippen LogP contribution >= 0.6 is 11.6 Å². The summed E-state index contributed by atoms with van der Waals surface area (Å²) >= 11 is 5.90. The number of fused-ring (bicyclic) bond motifs is 1. The second kappa shape index (κ2) is 6.46. The molecule has 2 aromatic heterocycles. The van der Waals surface area contributed by atoms with Crippen molar-refractivity contribution in [3.63, 3.8) is 0 Å². The van der Waals surface area contributed by atoms with Gasteiger partial charge in [0.2, 0.25) is 0 Å². The molecular weight excluding hydrogens is 312 g/mol. The number of hydrogen-bond acceptors (Lipinski definition) is 2. The number of hydrogen-bond donors (Lipinski definition) is 1. The van der Waals surface area contributed by atoms with Gasteiger partial charge in [-0.25, -0.2) is 4.98 Å². The molecule has 0 saturated carbocycles. The maximum atomic E-state index is 12.1. The van der Waals surface area contributed by atoms with Crippen molar-refractivity contribution in [2.24, 2.45) is 7.05 Å². The van der Waals surface area contributed by atoms with Crippen LogP contribution in [0.4, 0.5) is 0 Å². The molecule has 1 amide bonds. The van der Waals surface area contributed by atoms with Crippen molar-refractivity contribution >= 4 is 28.5 Å². The summed E-state index contributed by atoms with van der Waals surface area (Å²) in [6.45, 7) is 3.43. The van der Waals surface area contributed by atoms with E-state index >= 15 is 0 Å². The number of rotatable bonds is 5. The zero-order valence-corrected chi connectivity index (χ0v) is 14.0. The van der Waals surface area contributed by atoms with E-state index in [1.807, 2.05) is 32.2 Å². The molecule has 0 unspecified atom stereocenters. The van der Waals surface area contributed by atoms with E-state index in [4.69, 9.17) is 11.6 Å². The molecule has 0 bridgehead atoms. The average Bonchev–Trinajstić information content (AvgIpc) is 3.02. The number of benzene rings is 1. The third-order valence-corrected chi connectivity index (χ3v) is 4.10. The molecule has 0 fully saturated rings. The Balaban J connectivity index is 1.58. The molecule has 0 radical (unpaired) electrons. The number of para-hydroxylation sites is 2. The highest BCUT2D eigenvalue weighted by molar-refractivity contribution is 6.31. The molecule has 2 heterocycles. The molecule has 0 spiro atoms. The third kappa shape index (κ3) is 3.24. The molecule has 0 atom stereocenters. The van der Waals surface area contributed by atoms with Gasteiger partial charge in [-0.15, -0.1) is 0 Å². The van der Waals surface area contributed by atoms with E-state index in [-0.39, 0.29) is 5.91 Å². The van der Waals surface area contributed by atoms with Crippen LogP contribution in [0.5, 0.6) is 0 Å². The van der Waals surface area contributed by atoms with Crippen molar-refractivity contribution < 1.29 is 4.79 Å². The van der Waals surface area contributed by atoms with Crippen LogP contribution in [-0.2, 0) is 13.6 Å². The SMILES string of the molecule is Cc1nc2ccccc2n1CCCNC(=O)c1cc(Cl)cn1C. The first-order valence-electron chi connectivity index (χ1n) is 7.58. The molecule has 1 N–H and O–H groups in total. The molecule has 5 nitrogen and oxygen atoms in total. The van der Waals surface area contributed by atoms with Crippen LogP contribution in [-0.4, -0.2) is 26.6 Å². The lowest BCUT2D eigenvalue weighted by Gasteiger charge is -2.08. The van der Waals surface area contributed by atoms with Gasteiger partial charge in [0.1, 0.15) is 11.5 Å². The molecule has 3 aromatic rings. The average molecular weight is 331 g/mol. The molecule has 0 aliphatic carbocycles. The van der Waals surface area contributed by atoms with E-state index in [0.717, 1.165) is 29.8 Å². The fraction of sp³-hybridized carbons (Fsp3) is 0.294. The lowest BCUT2D eigenvalue weighted by atomic mass is 10.3. The van der Waals surface area contributed by atoms with Gasteiger partial charge in [0.05, 0.1) is 16.1 Å². The molecular formula is C17H19ClN4O. The highest BCUT2D eigenvalue weighted by Crippen LogP contribution is 2.16. The van der Waals surface area contributed by atoms with Gasteiger partial charge in [0.15, 0.2) is 0 Å². The van der Waals surface area contributed by atoms with Crippen LogP contribution in [0.3, 0.4) is 0 Å². The summed E-state index contributed by atoms with van der Waals surface area (Å²) in [5, 5.41) is 3.50. The van der Waals surface area contributed by atoms with Crippen LogP contribution in [0, 0.1) is 6.92 Å². The topological polar surface area (TPSA) is 51.9 Å². The van der Waals surface area contributed by atoms with E-state index in [9.17, 15) is 4.79 Å². The monoisotopic (exact) mass is 330 g/mol. The smallest absolute Gasteiger partial charge is 0.267 e. The van der Waals surface area contributed by atoms with Crippen LogP contribution in [0.1, 0.15) is 22.7 Å². The standard InChI is InChI=1S/C17H19ClN4O/c1-12-20-14-6-3-4-7-15(14)22(12)9-5-8-19-17(23)16-10-13(18)11-21(16)2/h3-4,6-7,10-11H,5,8-9H2,1-2H3,(H,19,23). The second-order valence-corrected chi connectivity index (χ2v) is 6.00. The van der Waals surface area contributed by atoms with Crippen LogP contribution < -0.4 is 5.32 Å². The Morgan fingerprint density at radius 1 is 1.35 bits per heavy atom.